The number of Topliss-reactive ketones (excluding diaryl/α,β-unsaturated/α-hetero) is 3. The summed E-state index contributed by atoms with van der Waals surface area (Å²) in [5.41, 5.74) is 3.23. The van der Waals surface area contributed by atoms with Crippen LogP contribution in [0.25, 0.3) is 0 Å². The summed E-state index contributed by atoms with van der Waals surface area (Å²) in [5.74, 6) is -8.30. The van der Waals surface area contributed by atoms with Crippen molar-refractivity contribution in [1.29, 1.82) is 0 Å². The molecule has 1 amide bonds. The van der Waals surface area contributed by atoms with Crippen molar-refractivity contribution in [3.63, 3.8) is 0 Å². The van der Waals surface area contributed by atoms with Gasteiger partial charge < -0.3 is 36.4 Å². The molecule has 11 heteroatoms. The number of allylic oxidation sites excluding steroid dienone is 1. The van der Waals surface area contributed by atoms with Gasteiger partial charge in [-0.25, -0.2) is 0 Å². The molecular weight excluding hydrogens is 518 g/mol. The van der Waals surface area contributed by atoms with Crippen molar-refractivity contribution in [3.8, 4) is 5.75 Å². The second-order valence-electron chi connectivity index (χ2n) is 12.8. The molecule has 0 saturated heterocycles. The van der Waals surface area contributed by atoms with E-state index in [1.165, 1.54) is 6.92 Å². The number of benzene rings is 1. The Kier molecular flexibility index (Phi) is 7.51. The topological polar surface area (TPSA) is 190 Å². The molecule has 3 aliphatic carbocycles. The third kappa shape index (κ3) is 4.54. The third-order valence-electron chi connectivity index (χ3n) is 8.52. The van der Waals surface area contributed by atoms with Crippen molar-refractivity contribution >= 4 is 23.3 Å². The van der Waals surface area contributed by atoms with Crippen LogP contribution < -0.4 is 11.1 Å². The highest BCUT2D eigenvalue weighted by atomic mass is 16.3. The predicted molar refractivity (Wildman–Crippen MR) is 145 cm³/mol. The predicted octanol–water partition coefficient (Wildman–Crippen LogP) is 0.624. The molecule has 11 nitrogen and oxygen atoms in total. The quantitative estimate of drug-likeness (QED) is 0.214. The smallest absolute Gasteiger partial charge is 0.230 e. The molecule has 1 aromatic carbocycles. The molecule has 40 heavy (non-hydrogen) atoms. The minimum atomic E-state index is -2.66. The zero-order chi connectivity index (χ0) is 30.1. The number of nitrogens with zero attached hydrogens (tertiary/aromatic N) is 1. The first-order valence-corrected chi connectivity index (χ1v) is 13.4. The van der Waals surface area contributed by atoms with Crippen molar-refractivity contribution in [2.75, 3.05) is 20.6 Å². The van der Waals surface area contributed by atoms with E-state index in [2.05, 4.69) is 5.32 Å². The Bertz CT molecular complexity index is 1330. The van der Waals surface area contributed by atoms with E-state index in [1.807, 2.05) is 20.8 Å². The number of hydrogen-bond donors (Lipinski definition) is 6. The number of nitrogens with two attached hydrogens (primary N) is 1. The van der Waals surface area contributed by atoms with E-state index in [-0.39, 0.29) is 53.0 Å². The van der Waals surface area contributed by atoms with Gasteiger partial charge in [0.1, 0.15) is 17.4 Å². The Morgan fingerprint density at radius 2 is 1.82 bits per heavy atom. The molecule has 0 bridgehead atoms. The van der Waals surface area contributed by atoms with Gasteiger partial charge in [0.25, 0.3) is 0 Å². The maximum Gasteiger partial charge on any atom is 0.230 e. The van der Waals surface area contributed by atoms with E-state index >= 15 is 0 Å². The Labute approximate surface area is 233 Å². The van der Waals surface area contributed by atoms with E-state index < -0.39 is 58.7 Å². The van der Waals surface area contributed by atoms with Gasteiger partial charge in [-0.3, -0.25) is 19.2 Å². The van der Waals surface area contributed by atoms with Gasteiger partial charge in [0.2, 0.25) is 5.91 Å². The number of fused-ring (bicyclic) bond motifs is 3. The summed E-state index contributed by atoms with van der Waals surface area (Å²) in [6.07, 6.45) is -1.48. The minimum absolute atomic E-state index is 0.00873. The van der Waals surface area contributed by atoms with Crippen molar-refractivity contribution in [2.24, 2.45) is 28.9 Å². The van der Waals surface area contributed by atoms with E-state index in [0.717, 1.165) is 0 Å². The lowest BCUT2D eigenvalue weighted by atomic mass is 9.55. The molecule has 6 atom stereocenters. The number of primary amides is 1. The van der Waals surface area contributed by atoms with Crippen LogP contribution in [0.15, 0.2) is 17.4 Å². The van der Waals surface area contributed by atoms with Gasteiger partial charge in [0.15, 0.2) is 23.0 Å². The van der Waals surface area contributed by atoms with Crippen molar-refractivity contribution in [3.05, 3.63) is 39.7 Å². The van der Waals surface area contributed by atoms with Gasteiger partial charge in [-0.1, -0.05) is 20.8 Å². The van der Waals surface area contributed by atoms with E-state index in [1.54, 1.807) is 25.1 Å². The Morgan fingerprint density at radius 1 is 1.20 bits per heavy atom. The van der Waals surface area contributed by atoms with Crippen molar-refractivity contribution < 1.29 is 39.6 Å². The number of rotatable bonds is 6. The number of nitrogens with one attached hydrogen (secondary N) is 1. The van der Waals surface area contributed by atoms with Crippen LogP contribution in [0.1, 0.15) is 66.0 Å². The second-order valence-corrected chi connectivity index (χ2v) is 12.8. The summed E-state index contributed by atoms with van der Waals surface area (Å²) in [4.78, 5) is 53.9. The molecular formula is C29H39N3O8. The van der Waals surface area contributed by atoms with Crippen LogP contribution in [-0.2, 0) is 22.6 Å². The molecule has 3 aliphatic rings. The standard InChI is InChI=1S/C29H39N3O8/c1-12(33)15-8-14(10-31-11-28(2,3)4)22(34)19-16(15)7-13-9-17-21(32(5)6)24(36)20(27(30)39)26(38)29(17,40)25(37)18(13)23(19)35/h8,13,17,20-21,24,31,34,36-37,40H,7,9-11H2,1-6H3,(H2,30,39)/t13-,17-,20?,21-,24?,29-/m0/s1. The van der Waals surface area contributed by atoms with Gasteiger partial charge >= 0.3 is 0 Å². The number of aromatic hydroxyl groups is 1. The maximum atomic E-state index is 14.0. The van der Waals surface area contributed by atoms with Gasteiger partial charge in [-0.05, 0) is 56.8 Å². The Morgan fingerprint density at radius 3 is 2.35 bits per heavy atom. The largest absolute Gasteiger partial charge is 0.508 e. The average molecular weight is 558 g/mol. The van der Waals surface area contributed by atoms with Gasteiger partial charge in [-0.15, -0.1) is 0 Å². The molecule has 0 radical (unpaired) electrons. The van der Waals surface area contributed by atoms with Crippen LogP contribution in [0.5, 0.6) is 5.75 Å². The fraction of sp³-hybridized carbons (Fsp3) is 0.586. The zero-order valence-electron chi connectivity index (χ0n) is 23.7. The highest BCUT2D eigenvalue weighted by molar-refractivity contribution is 6.17. The number of carbonyl (C=O) groups excluding carboxylic acids is 4. The van der Waals surface area contributed by atoms with Crippen molar-refractivity contribution in [2.45, 2.75) is 64.8 Å². The average Bonchev–Trinajstić information content (AvgIpc) is 2.81. The summed E-state index contributed by atoms with van der Waals surface area (Å²) in [7, 11) is 3.20. The summed E-state index contributed by atoms with van der Waals surface area (Å²) in [6.45, 7) is 8.23. The van der Waals surface area contributed by atoms with Crippen LogP contribution in [0.4, 0.5) is 0 Å². The number of phenolic OH excluding ortho intramolecular Hbond substituents is 1. The van der Waals surface area contributed by atoms with E-state index in [9.17, 15) is 39.6 Å². The summed E-state index contributed by atoms with van der Waals surface area (Å²) in [5, 5.41) is 48.6. The molecule has 0 heterocycles. The first kappa shape index (κ1) is 29.9. The first-order valence-electron chi connectivity index (χ1n) is 13.4. The lowest BCUT2D eigenvalue weighted by Gasteiger charge is -2.53. The van der Waals surface area contributed by atoms with Crippen LogP contribution in [0.2, 0.25) is 0 Å². The Balaban J connectivity index is 1.89. The molecule has 1 saturated carbocycles. The summed E-state index contributed by atoms with van der Waals surface area (Å²) in [6, 6.07) is 0.610. The lowest BCUT2D eigenvalue weighted by Crippen LogP contribution is -2.71. The van der Waals surface area contributed by atoms with E-state index in [0.29, 0.717) is 17.7 Å². The first-order chi connectivity index (χ1) is 18.4. The second kappa shape index (κ2) is 10.1. The number of ketones is 3. The zero-order valence-corrected chi connectivity index (χ0v) is 23.7. The highest BCUT2D eigenvalue weighted by Gasteiger charge is 2.66. The molecule has 218 valence electrons. The van der Waals surface area contributed by atoms with Gasteiger partial charge in [0, 0.05) is 41.7 Å². The number of carbonyl (C=O) groups is 4. The molecule has 1 fully saturated rings. The molecule has 0 aliphatic heterocycles. The number of hydrogen-bond acceptors (Lipinski definition) is 10. The van der Waals surface area contributed by atoms with Crippen LogP contribution in [-0.4, -0.2) is 87.0 Å². The molecule has 7 N–H and O–H groups in total. The fourth-order valence-corrected chi connectivity index (χ4v) is 6.75. The van der Waals surface area contributed by atoms with Crippen LogP contribution >= 0.6 is 0 Å². The third-order valence-corrected chi connectivity index (χ3v) is 8.52. The molecule has 0 aromatic heterocycles. The summed E-state index contributed by atoms with van der Waals surface area (Å²) < 4.78 is 0. The fourth-order valence-electron chi connectivity index (χ4n) is 6.75. The lowest BCUT2D eigenvalue weighted by molar-refractivity contribution is -0.178. The van der Waals surface area contributed by atoms with Crippen LogP contribution in [0.3, 0.4) is 0 Å². The SMILES string of the molecule is CC(=O)c1cc(CNCC(C)(C)C)c(O)c2c1C[C@H]1C[C@H]3[C@H](N(C)C)C(O)C(C(N)=O)C(=O)[C@@]3(O)C(O)=C1C2=O. The molecule has 2 unspecified atom stereocenters. The van der Waals surface area contributed by atoms with Crippen LogP contribution in [0, 0.1) is 23.2 Å². The maximum absolute atomic E-state index is 14.0. The Hall–Kier alpha value is -3.12. The number of aliphatic hydroxyl groups excluding tert-OH is 2. The van der Waals surface area contributed by atoms with E-state index in [4.69, 9.17) is 5.73 Å². The number of aliphatic hydroxyl groups is 3. The normalized spacial score (nSPS) is 30.2. The number of likely N-dealkylation sites (N-methyl/N-ethyl adjacent to an activating group) is 1. The van der Waals surface area contributed by atoms with Crippen molar-refractivity contribution in [1.82, 2.24) is 10.2 Å². The molecule has 0 spiro atoms. The molecule has 4 rings (SSSR count). The summed E-state index contributed by atoms with van der Waals surface area (Å²) >= 11 is 0. The minimum Gasteiger partial charge on any atom is -0.508 e. The van der Waals surface area contributed by atoms with Gasteiger partial charge in [0.05, 0.1) is 11.7 Å². The number of amides is 1. The number of phenols is 1. The monoisotopic (exact) mass is 557 g/mol. The highest BCUT2D eigenvalue weighted by Crippen LogP contribution is 2.53. The van der Waals surface area contributed by atoms with Gasteiger partial charge in [-0.2, -0.15) is 0 Å². The molecule has 1 aromatic rings.